The minimum atomic E-state index is 0.577. The highest BCUT2D eigenvalue weighted by molar-refractivity contribution is 6.33. The van der Waals surface area contributed by atoms with Crippen molar-refractivity contribution < 1.29 is 9.47 Å². The van der Waals surface area contributed by atoms with Crippen LogP contribution in [0, 0.1) is 11.8 Å². The maximum absolute atomic E-state index is 6.42. The molecule has 4 heteroatoms. The highest BCUT2D eigenvalue weighted by Crippen LogP contribution is 2.37. The number of halogens is 1. The Morgan fingerprint density at radius 3 is 2.33 bits per heavy atom. The van der Waals surface area contributed by atoms with E-state index < -0.39 is 0 Å². The fourth-order valence-electron chi connectivity index (χ4n) is 3.43. The molecular weight excluding hydrogens is 286 g/mol. The molecule has 0 bridgehead atoms. The van der Waals surface area contributed by atoms with E-state index in [1.54, 1.807) is 14.2 Å². The third-order valence-corrected chi connectivity index (χ3v) is 4.74. The Morgan fingerprint density at radius 1 is 1.10 bits per heavy atom. The molecule has 0 spiro atoms. The van der Waals surface area contributed by atoms with Gasteiger partial charge in [-0.1, -0.05) is 31.5 Å². The van der Waals surface area contributed by atoms with Gasteiger partial charge in [0.1, 0.15) is 0 Å². The summed E-state index contributed by atoms with van der Waals surface area (Å²) in [4.78, 5) is 0. The molecule has 1 aromatic rings. The van der Waals surface area contributed by atoms with E-state index in [2.05, 4.69) is 19.2 Å². The van der Waals surface area contributed by atoms with Crippen LogP contribution in [0.4, 0.5) is 0 Å². The second kappa shape index (κ2) is 7.37. The fourth-order valence-corrected chi connectivity index (χ4v) is 3.73. The smallest absolute Gasteiger partial charge is 0.179 e. The Bertz CT molecular complexity index is 468. The minimum absolute atomic E-state index is 0.577. The summed E-state index contributed by atoms with van der Waals surface area (Å²) in [5, 5.41) is 4.29. The molecule has 1 aliphatic carbocycles. The number of ether oxygens (including phenoxy) is 2. The first kappa shape index (κ1) is 16.4. The van der Waals surface area contributed by atoms with Gasteiger partial charge in [0.2, 0.25) is 0 Å². The molecule has 1 fully saturated rings. The first-order valence-electron chi connectivity index (χ1n) is 7.67. The molecule has 1 saturated carbocycles. The second-order valence-electron chi connectivity index (χ2n) is 6.27. The lowest BCUT2D eigenvalue weighted by atomic mass is 9.80. The number of hydrogen-bond acceptors (Lipinski definition) is 3. The minimum Gasteiger partial charge on any atom is -0.493 e. The van der Waals surface area contributed by atoms with Crippen LogP contribution in [0.25, 0.3) is 0 Å². The number of rotatable bonds is 5. The van der Waals surface area contributed by atoms with Gasteiger partial charge in [0.05, 0.1) is 19.2 Å². The SMILES string of the molecule is COc1ccc(CNC2CC(C)CC(C)C2)c(Cl)c1OC. The van der Waals surface area contributed by atoms with Crippen molar-refractivity contribution in [2.45, 2.75) is 45.7 Å². The molecule has 118 valence electrons. The molecule has 2 atom stereocenters. The summed E-state index contributed by atoms with van der Waals surface area (Å²) >= 11 is 6.42. The number of nitrogens with one attached hydrogen (secondary N) is 1. The zero-order valence-corrected chi connectivity index (χ0v) is 14.2. The Hall–Kier alpha value is -0.930. The van der Waals surface area contributed by atoms with Crippen LogP contribution in [0.5, 0.6) is 11.5 Å². The van der Waals surface area contributed by atoms with Crippen LogP contribution in [0.15, 0.2) is 12.1 Å². The van der Waals surface area contributed by atoms with Crippen molar-refractivity contribution in [2.75, 3.05) is 14.2 Å². The second-order valence-corrected chi connectivity index (χ2v) is 6.65. The number of hydrogen-bond donors (Lipinski definition) is 1. The number of methoxy groups -OCH3 is 2. The molecule has 1 N–H and O–H groups in total. The first-order valence-corrected chi connectivity index (χ1v) is 8.05. The van der Waals surface area contributed by atoms with E-state index >= 15 is 0 Å². The van der Waals surface area contributed by atoms with Gasteiger partial charge >= 0.3 is 0 Å². The van der Waals surface area contributed by atoms with Crippen molar-refractivity contribution in [1.29, 1.82) is 0 Å². The molecule has 0 saturated heterocycles. The van der Waals surface area contributed by atoms with Crippen LogP contribution in [0.1, 0.15) is 38.7 Å². The molecule has 1 aliphatic rings. The Labute approximate surface area is 133 Å². The molecule has 3 nitrogen and oxygen atoms in total. The van der Waals surface area contributed by atoms with Crippen molar-refractivity contribution in [3.05, 3.63) is 22.7 Å². The standard InChI is InChI=1S/C17H26ClNO2/c1-11-7-12(2)9-14(8-11)19-10-13-5-6-15(20-3)17(21-4)16(13)18/h5-6,11-12,14,19H,7-10H2,1-4H3. The van der Waals surface area contributed by atoms with Gasteiger partial charge in [-0.05, 0) is 42.7 Å². The molecule has 0 radical (unpaired) electrons. The summed E-state index contributed by atoms with van der Waals surface area (Å²) < 4.78 is 10.6. The normalized spacial score (nSPS) is 25.7. The quantitative estimate of drug-likeness (QED) is 0.881. The van der Waals surface area contributed by atoms with E-state index in [9.17, 15) is 0 Å². The van der Waals surface area contributed by atoms with Crippen LogP contribution in [-0.4, -0.2) is 20.3 Å². The molecule has 0 amide bonds. The van der Waals surface area contributed by atoms with Gasteiger partial charge in [-0.25, -0.2) is 0 Å². The maximum Gasteiger partial charge on any atom is 0.179 e. The molecule has 2 rings (SSSR count). The maximum atomic E-state index is 6.42. The van der Waals surface area contributed by atoms with Crippen LogP contribution in [-0.2, 0) is 6.54 Å². The highest BCUT2D eigenvalue weighted by Gasteiger charge is 2.23. The van der Waals surface area contributed by atoms with E-state index in [1.165, 1.54) is 19.3 Å². The van der Waals surface area contributed by atoms with E-state index in [0.717, 1.165) is 23.9 Å². The van der Waals surface area contributed by atoms with Crippen LogP contribution < -0.4 is 14.8 Å². The molecule has 1 aromatic carbocycles. The first-order chi connectivity index (χ1) is 10.0. The van der Waals surface area contributed by atoms with Gasteiger partial charge in [0, 0.05) is 12.6 Å². The average Bonchev–Trinajstić information content (AvgIpc) is 2.44. The predicted molar refractivity (Wildman–Crippen MR) is 87.4 cm³/mol. The van der Waals surface area contributed by atoms with E-state index in [4.69, 9.17) is 21.1 Å². The molecule has 2 unspecified atom stereocenters. The third-order valence-electron chi connectivity index (χ3n) is 4.32. The Balaban J connectivity index is 2.03. The van der Waals surface area contributed by atoms with Gasteiger partial charge in [-0.2, -0.15) is 0 Å². The monoisotopic (exact) mass is 311 g/mol. The third kappa shape index (κ3) is 4.04. The summed E-state index contributed by atoms with van der Waals surface area (Å²) in [6.45, 7) is 5.45. The summed E-state index contributed by atoms with van der Waals surface area (Å²) in [6, 6.07) is 4.49. The lowest BCUT2D eigenvalue weighted by Gasteiger charge is -2.32. The summed E-state index contributed by atoms with van der Waals surface area (Å²) in [7, 11) is 3.24. The van der Waals surface area contributed by atoms with Crippen LogP contribution >= 0.6 is 11.6 Å². The van der Waals surface area contributed by atoms with E-state index in [-0.39, 0.29) is 0 Å². The van der Waals surface area contributed by atoms with Crippen molar-refractivity contribution in [3.8, 4) is 11.5 Å². The Morgan fingerprint density at radius 2 is 1.76 bits per heavy atom. The van der Waals surface area contributed by atoms with Crippen LogP contribution in [0.2, 0.25) is 5.02 Å². The number of benzene rings is 1. The fraction of sp³-hybridized carbons (Fsp3) is 0.647. The largest absolute Gasteiger partial charge is 0.493 e. The Kier molecular flexibility index (Phi) is 5.77. The lowest BCUT2D eigenvalue weighted by molar-refractivity contribution is 0.238. The van der Waals surface area contributed by atoms with Crippen molar-refractivity contribution >= 4 is 11.6 Å². The van der Waals surface area contributed by atoms with Gasteiger partial charge in [-0.3, -0.25) is 0 Å². The zero-order chi connectivity index (χ0) is 15.4. The van der Waals surface area contributed by atoms with E-state index in [1.807, 2.05) is 12.1 Å². The van der Waals surface area contributed by atoms with Crippen molar-refractivity contribution in [2.24, 2.45) is 11.8 Å². The summed E-state index contributed by atoms with van der Waals surface area (Å²) in [6.07, 6.45) is 3.83. The average molecular weight is 312 g/mol. The molecule has 0 aromatic heterocycles. The van der Waals surface area contributed by atoms with Gasteiger partial charge in [0.15, 0.2) is 11.5 Å². The van der Waals surface area contributed by atoms with Gasteiger partial charge in [0.25, 0.3) is 0 Å². The molecular formula is C17H26ClNO2. The highest BCUT2D eigenvalue weighted by atomic mass is 35.5. The van der Waals surface area contributed by atoms with Crippen LogP contribution in [0.3, 0.4) is 0 Å². The van der Waals surface area contributed by atoms with Gasteiger partial charge < -0.3 is 14.8 Å². The van der Waals surface area contributed by atoms with Gasteiger partial charge in [-0.15, -0.1) is 0 Å². The topological polar surface area (TPSA) is 30.5 Å². The van der Waals surface area contributed by atoms with Crippen molar-refractivity contribution in [1.82, 2.24) is 5.32 Å². The summed E-state index contributed by atoms with van der Waals surface area (Å²) in [5.41, 5.74) is 1.06. The van der Waals surface area contributed by atoms with Crippen molar-refractivity contribution in [3.63, 3.8) is 0 Å². The molecule has 0 heterocycles. The molecule has 21 heavy (non-hydrogen) atoms. The lowest BCUT2D eigenvalue weighted by Crippen LogP contribution is -2.35. The molecule has 0 aliphatic heterocycles. The summed E-state index contributed by atoms with van der Waals surface area (Å²) in [5.74, 6) is 2.88. The van der Waals surface area contributed by atoms with E-state index in [0.29, 0.717) is 22.6 Å². The zero-order valence-electron chi connectivity index (χ0n) is 13.4. The predicted octanol–water partition coefficient (Wildman–Crippen LogP) is 4.27.